The zero-order valence-electron chi connectivity index (χ0n) is 15.7. The first-order valence-electron chi connectivity index (χ1n) is 9.30. The topological polar surface area (TPSA) is 93.4 Å². The molecule has 0 radical (unpaired) electrons. The van der Waals surface area contributed by atoms with E-state index in [4.69, 9.17) is 4.74 Å². The molecule has 2 fully saturated rings. The molecule has 0 saturated carbocycles. The third kappa shape index (κ3) is 4.20. The highest BCUT2D eigenvalue weighted by Gasteiger charge is 2.45. The Labute approximate surface area is 153 Å². The van der Waals surface area contributed by atoms with E-state index in [0.717, 1.165) is 45.4 Å². The van der Waals surface area contributed by atoms with E-state index in [-0.39, 0.29) is 17.2 Å². The number of tetrazole rings is 1. The van der Waals surface area contributed by atoms with Crippen LogP contribution in [0.5, 0.6) is 0 Å². The van der Waals surface area contributed by atoms with Crippen molar-refractivity contribution in [3.63, 3.8) is 0 Å². The number of hydrogen-bond acceptors (Lipinski definition) is 6. The van der Waals surface area contributed by atoms with Crippen molar-refractivity contribution >= 4 is 11.8 Å². The van der Waals surface area contributed by atoms with Gasteiger partial charge in [-0.05, 0) is 36.6 Å². The third-order valence-corrected chi connectivity index (χ3v) is 5.61. The van der Waals surface area contributed by atoms with Crippen molar-refractivity contribution in [1.29, 1.82) is 0 Å². The maximum absolute atomic E-state index is 12.5. The van der Waals surface area contributed by atoms with Gasteiger partial charge >= 0.3 is 0 Å². The Morgan fingerprint density at radius 1 is 1.27 bits per heavy atom. The molecule has 26 heavy (non-hydrogen) atoms. The lowest BCUT2D eigenvalue weighted by Gasteiger charge is -2.39. The second-order valence-corrected chi connectivity index (χ2v) is 7.42. The number of piperidine rings is 1. The van der Waals surface area contributed by atoms with Gasteiger partial charge in [-0.1, -0.05) is 0 Å². The molecule has 1 aromatic rings. The summed E-state index contributed by atoms with van der Waals surface area (Å²) in [6.45, 7) is 6.05. The summed E-state index contributed by atoms with van der Waals surface area (Å²) in [6, 6.07) is 0. The molecule has 3 heterocycles. The van der Waals surface area contributed by atoms with Crippen molar-refractivity contribution in [3.8, 4) is 0 Å². The fourth-order valence-electron chi connectivity index (χ4n) is 3.97. The molecular formula is C17H28N6O3. The van der Waals surface area contributed by atoms with Crippen molar-refractivity contribution in [2.45, 2.75) is 45.6 Å². The first-order chi connectivity index (χ1) is 12.5. The highest BCUT2D eigenvalue weighted by atomic mass is 16.5. The van der Waals surface area contributed by atoms with Gasteiger partial charge in [-0.3, -0.25) is 9.59 Å². The fourth-order valence-corrected chi connectivity index (χ4v) is 3.97. The van der Waals surface area contributed by atoms with Gasteiger partial charge in [0.1, 0.15) is 5.82 Å². The van der Waals surface area contributed by atoms with Gasteiger partial charge < -0.3 is 14.5 Å². The maximum Gasteiger partial charge on any atom is 0.224 e. The van der Waals surface area contributed by atoms with E-state index in [0.29, 0.717) is 31.8 Å². The van der Waals surface area contributed by atoms with Crippen LogP contribution in [0.15, 0.2) is 0 Å². The summed E-state index contributed by atoms with van der Waals surface area (Å²) >= 11 is 0. The molecular weight excluding hydrogens is 336 g/mol. The number of amides is 2. The summed E-state index contributed by atoms with van der Waals surface area (Å²) in [4.78, 5) is 28.7. The SMILES string of the molecule is COCCCN1CC2(CCN(C(=O)CCn3nnnc3C)CC2)CC1=O. The number of methoxy groups -OCH3 is 1. The summed E-state index contributed by atoms with van der Waals surface area (Å²) in [6.07, 6.45) is 3.69. The summed E-state index contributed by atoms with van der Waals surface area (Å²) in [5, 5.41) is 11.3. The van der Waals surface area contributed by atoms with Crippen LogP contribution >= 0.6 is 0 Å². The van der Waals surface area contributed by atoms with Gasteiger partial charge in [-0.15, -0.1) is 5.10 Å². The molecule has 9 nitrogen and oxygen atoms in total. The predicted molar refractivity (Wildman–Crippen MR) is 93.1 cm³/mol. The molecule has 0 unspecified atom stereocenters. The molecule has 0 aliphatic carbocycles. The molecule has 0 aromatic carbocycles. The van der Waals surface area contributed by atoms with E-state index >= 15 is 0 Å². The Morgan fingerprint density at radius 2 is 2.04 bits per heavy atom. The second-order valence-electron chi connectivity index (χ2n) is 7.42. The number of hydrogen-bond donors (Lipinski definition) is 0. The molecule has 2 amide bonds. The highest BCUT2D eigenvalue weighted by Crippen LogP contribution is 2.41. The van der Waals surface area contributed by atoms with Crippen molar-refractivity contribution in [1.82, 2.24) is 30.0 Å². The molecule has 0 N–H and O–H groups in total. The van der Waals surface area contributed by atoms with Gasteiger partial charge in [-0.2, -0.15) is 0 Å². The Morgan fingerprint density at radius 3 is 2.69 bits per heavy atom. The molecule has 0 bridgehead atoms. The minimum Gasteiger partial charge on any atom is -0.385 e. The zero-order valence-corrected chi connectivity index (χ0v) is 15.7. The van der Waals surface area contributed by atoms with Crippen LogP contribution in [0.2, 0.25) is 0 Å². The van der Waals surface area contributed by atoms with E-state index in [1.807, 2.05) is 16.7 Å². The predicted octanol–water partition coefficient (Wildman–Crippen LogP) is 0.249. The fraction of sp³-hybridized carbons (Fsp3) is 0.824. The maximum atomic E-state index is 12.5. The van der Waals surface area contributed by atoms with Gasteiger partial charge in [0.05, 0.1) is 6.54 Å². The number of likely N-dealkylation sites (tertiary alicyclic amines) is 2. The lowest BCUT2D eigenvalue weighted by atomic mass is 9.77. The first kappa shape index (κ1) is 18.8. The van der Waals surface area contributed by atoms with Crippen LogP contribution in [-0.4, -0.2) is 81.7 Å². The van der Waals surface area contributed by atoms with Gasteiger partial charge in [0.25, 0.3) is 0 Å². The summed E-state index contributed by atoms with van der Waals surface area (Å²) in [5.74, 6) is 1.10. The third-order valence-electron chi connectivity index (χ3n) is 5.61. The lowest BCUT2D eigenvalue weighted by molar-refractivity contribution is -0.133. The smallest absolute Gasteiger partial charge is 0.224 e. The Balaban J connectivity index is 1.45. The number of nitrogens with zero attached hydrogens (tertiary/aromatic N) is 6. The molecule has 0 atom stereocenters. The van der Waals surface area contributed by atoms with Crippen LogP contribution in [0.25, 0.3) is 0 Å². The van der Waals surface area contributed by atoms with E-state index in [9.17, 15) is 9.59 Å². The number of rotatable bonds is 7. The Kier molecular flexibility index (Phi) is 5.85. The quantitative estimate of drug-likeness (QED) is 0.644. The second kappa shape index (κ2) is 8.11. The van der Waals surface area contributed by atoms with E-state index < -0.39 is 0 Å². The van der Waals surface area contributed by atoms with Crippen LogP contribution < -0.4 is 0 Å². The molecule has 2 saturated heterocycles. The van der Waals surface area contributed by atoms with Crippen LogP contribution in [0.1, 0.15) is 37.9 Å². The van der Waals surface area contributed by atoms with Gasteiger partial charge in [0.2, 0.25) is 11.8 Å². The first-order valence-corrected chi connectivity index (χ1v) is 9.30. The van der Waals surface area contributed by atoms with Crippen molar-refractivity contribution in [2.75, 3.05) is 39.9 Å². The average Bonchev–Trinajstić information content (AvgIpc) is 3.17. The highest BCUT2D eigenvalue weighted by molar-refractivity contribution is 5.80. The molecule has 3 rings (SSSR count). The Bertz CT molecular complexity index is 638. The number of carbonyl (C=O) groups is 2. The molecule has 1 spiro atoms. The van der Waals surface area contributed by atoms with Gasteiger partial charge in [-0.25, -0.2) is 4.68 Å². The minimum atomic E-state index is 0.0490. The molecule has 1 aromatic heterocycles. The average molecular weight is 364 g/mol. The standard InChI is InChI=1S/C17H28N6O3/c1-14-18-19-20-23(14)8-4-15(24)21-9-5-17(6-10-21)12-16(25)22(13-17)7-3-11-26-2/h3-13H2,1-2H3. The van der Waals surface area contributed by atoms with Crippen molar-refractivity contribution in [3.05, 3.63) is 5.82 Å². The molecule has 2 aliphatic rings. The number of carbonyl (C=O) groups excluding carboxylic acids is 2. The summed E-state index contributed by atoms with van der Waals surface area (Å²) in [5.41, 5.74) is 0.0490. The van der Waals surface area contributed by atoms with Gasteiger partial charge in [0, 0.05) is 58.2 Å². The summed E-state index contributed by atoms with van der Waals surface area (Å²) in [7, 11) is 1.68. The van der Waals surface area contributed by atoms with Gasteiger partial charge in [0.15, 0.2) is 0 Å². The number of aromatic nitrogens is 4. The van der Waals surface area contributed by atoms with E-state index in [1.165, 1.54) is 0 Å². The molecule has 144 valence electrons. The lowest BCUT2D eigenvalue weighted by Crippen LogP contribution is -2.44. The summed E-state index contributed by atoms with van der Waals surface area (Å²) < 4.78 is 6.72. The van der Waals surface area contributed by atoms with Crippen LogP contribution in [0.4, 0.5) is 0 Å². The largest absolute Gasteiger partial charge is 0.385 e. The minimum absolute atomic E-state index is 0.0490. The van der Waals surface area contributed by atoms with Crippen LogP contribution in [-0.2, 0) is 20.9 Å². The van der Waals surface area contributed by atoms with Crippen LogP contribution in [0.3, 0.4) is 0 Å². The Hall–Kier alpha value is -2.03. The molecule has 9 heteroatoms. The number of aryl methyl sites for hydroxylation is 2. The van der Waals surface area contributed by atoms with Crippen LogP contribution in [0, 0.1) is 12.3 Å². The monoisotopic (exact) mass is 364 g/mol. The molecule has 2 aliphatic heterocycles. The normalized spacial score (nSPS) is 19.5. The number of ether oxygens (including phenoxy) is 1. The van der Waals surface area contributed by atoms with E-state index in [2.05, 4.69) is 15.5 Å². The zero-order chi connectivity index (χ0) is 18.6. The van der Waals surface area contributed by atoms with E-state index in [1.54, 1.807) is 11.8 Å². The van der Waals surface area contributed by atoms with Crippen molar-refractivity contribution < 1.29 is 14.3 Å². The van der Waals surface area contributed by atoms with Crippen molar-refractivity contribution in [2.24, 2.45) is 5.41 Å².